The first-order chi connectivity index (χ1) is 34.3. The summed E-state index contributed by atoms with van der Waals surface area (Å²) in [5.74, 6) is -0.305. The number of carbonyl (C=O) groups excluding carboxylic acids is 1. The van der Waals surface area contributed by atoms with E-state index >= 15 is 0 Å². The molecule has 17 nitrogen and oxygen atoms in total. The Kier molecular flexibility index (Phi) is 11.5. The van der Waals surface area contributed by atoms with Gasteiger partial charge in [-0.2, -0.15) is 4.98 Å². The van der Waals surface area contributed by atoms with E-state index in [1.165, 1.54) is 42.9 Å². The van der Waals surface area contributed by atoms with Crippen molar-refractivity contribution in [3.05, 3.63) is 99.7 Å². The summed E-state index contributed by atoms with van der Waals surface area (Å²) in [5, 5.41) is 16.8. The lowest BCUT2D eigenvalue weighted by molar-refractivity contribution is -0.384. The van der Waals surface area contributed by atoms with Gasteiger partial charge in [-0.25, -0.2) is 13.1 Å². The van der Waals surface area contributed by atoms with Crippen LogP contribution in [0.15, 0.2) is 77.8 Å². The number of nitrogens with one attached hydrogen (secondary N) is 3. The van der Waals surface area contributed by atoms with Crippen LogP contribution in [0.2, 0.25) is 0 Å². The number of methoxy groups -OCH3 is 1. The van der Waals surface area contributed by atoms with Gasteiger partial charge in [0.2, 0.25) is 5.88 Å². The number of nitro groups is 1. The lowest BCUT2D eigenvalue weighted by Crippen LogP contribution is -2.55. The highest BCUT2D eigenvalue weighted by Crippen LogP contribution is 2.55. The molecule has 12 rings (SSSR count). The van der Waals surface area contributed by atoms with Crippen molar-refractivity contribution in [3.63, 3.8) is 0 Å². The molecule has 71 heavy (non-hydrogen) atoms. The number of benzene rings is 3. The van der Waals surface area contributed by atoms with Gasteiger partial charge in [0.05, 0.1) is 52.0 Å². The Morgan fingerprint density at radius 2 is 1.76 bits per heavy atom. The first kappa shape index (κ1) is 46.1. The van der Waals surface area contributed by atoms with Gasteiger partial charge >= 0.3 is 0 Å². The Hall–Kier alpha value is -5.95. The number of ether oxygens (including phenoxy) is 4. The second-order valence-electron chi connectivity index (χ2n) is 21.4. The summed E-state index contributed by atoms with van der Waals surface area (Å²) in [6.07, 6.45) is 11.7. The van der Waals surface area contributed by atoms with Crippen molar-refractivity contribution in [2.45, 2.75) is 119 Å². The summed E-state index contributed by atoms with van der Waals surface area (Å²) >= 11 is 0. The van der Waals surface area contributed by atoms with Gasteiger partial charge < -0.3 is 39.0 Å². The molecule has 0 radical (unpaired) electrons. The zero-order valence-electron chi connectivity index (χ0n) is 40.5. The smallest absolute Gasteiger partial charge is 0.297 e. The first-order valence-corrected chi connectivity index (χ1v) is 26.8. The molecule has 2 aliphatic carbocycles. The molecule has 5 fully saturated rings. The number of aryl methyl sites for hydroxylation is 1. The van der Waals surface area contributed by atoms with Crippen molar-refractivity contribution in [3.8, 4) is 11.6 Å². The summed E-state index contributed by atoms with van der Waals surface area (Å²) in [5.41, 5.74) is 5.34. The van der Waals surface area contributed by atoms with E-state index in [2.05, 4.69) is 62.9 Å². The highest BCUT2D eigenvalue weighted by atomic mass is 32.2. The molecule has 1 spiro atoms. The molecule has 4 atom stereocenters. The molecule has 3 aromatic carbocycles. The molecule has 3 N–H and O–H groups in total. The van der Waals surface area contributed by atoms with Crippen molar-refractivity contribution in [2.75, 3.05) is 61.7 Å². The molecule has 1 amide bonds. The number of hydrogen-bond donors (Lipinski definition) is 3. The fraction of sp³-hybridized carbons (Fsp3) is 0.509. The number of piperidine rings is 1. The minimum atomic E-state index is -4.69. The fourth-order valence-corrected chi connectivity index (χ4v) is 14.1. The second-order valence-corrected chi connectivity index (χ2v) is 23.1. The minimum Gasteiger partial charge on any atom is -0.489 e. The van der Waals surface area contributed by atoms with Crippen molar-refractivity contribution in [2.24, 2.45) is 11.3 Å². The SMILES string of the molecule is COC1(C)CCC([C@H]2COc3cc(S(=O)(=O)NC(=O)c4ccc(N5CCC6(CC5)CC(N5CCC[C@H]5c5ccccc5C)C6)cc4N4c5cc6cc[nH]c6nc5O[C@@H]5COC[C@H]54)cc([N+](=O)[O-])c3N2)CC1. The molecular formula is C53H62N8O9S. The Balaban J connectivity index is 0.825. The molecule has 3 saturated heterocycles. The van der Waals surface area contributed by atoms with Crippen LogP contribution in [0.25, 0.3) is 11.0 Å². The zero-order chi connectivity index (χ0) is 48.8. The molecule has 18 heteroatoms. The molecular weight excluding hydrogens is 925 g/mol. The van der Waals surface area contributed by atoms with Crippen LogP contribution in [0.1, 0.15) is 98.7 Å². The van der Waals surface area contributed by atoms with E-state index in [1.807, 2.05) is 35.4 Å². The Morgan fingerprint density at radius 3 is 2.54 bits per heavy atom. The van der Waals surface area contributed by atoms with E-state index in [9.17, 15) is 23.3 Å². The van der Waals surface area contributed by atoms with Crippen molar-refractivity contribution in [1.29, 1.82) is 0 Å². The van der Waals surface area contributed by atoms with Gasteiger partial charge in [-0.15, -0.1) is 0 Å². The highest BCUT2D eigenvalue weighted by molar-refractivity contribution is 7.90. The van der Waals surface area contributed by atoms with Gasteiger partial charge in [0.25, 0.3) is 21.6 Å². The van der Waals surface area contributed by atoms with Crippen LogP contribution in [-0.4, -0.2) is 111 Å². The number of rotatable bonds is 10. The predicted molar refractivity (Wildman–Crippen MR) is 268 cm³/mol. The third-order valence-corrected chi connectivity index (χ3v) is 18.7. The van der Waals surface area contributed by atoms with E-state index in [0.717, 1.165) is 75.3 Å². The van der Waals surface area contributed by atoms with Gasteiger partial charge in [-0.3, -0.25) is 19.8 Å². The monoisotopic (exact) mass is 986 g/mol. The third kappa shape index (κ3) is 8.23. The quantitative estimate of drug-likeness (QED) is 0.0890. The maximum atomic E-state index is 14.8. The fourth-order valence-electron chi connectivity index (χ4n) is 13.1. The third-order valence-electron chi connectivity index (χ3n) is 17.3. The molecule has 374 valence electrons. The van der Waals surface area contributed by atoms with E-state index in [-0.39, 0.29) is 47.2 Å². The van der Waals surface area contributed by atoms with Gasteiger partial charge in [0.15, 0.2) is 11.4 Å². The number of nitrogens with zero attached hydrogens (tertiary/aromatic N) is 5. The van der Waals surface area contributed by atoms with Crippen LogP contribution in [0.5, 0.6) is 11.6 Å². The maximum absolute atomic E-state index is 14.8. The lowest BCUT2D eigenvalue weighted by atomic mass is 9.59. The van der Waals surface area contributed by atoms with Gasteiger partial charge in [0.1, 0.15) is 24.0 Å². The molecule has 7 aliphatic rings. The number of pyridine rings is 1. The minimum absolute atomic E-state index is 0.0369. The maximum Gasteiger partial charge on any atom is 0.297 e. The van der Waals surface area contributed by atoms with Crippen LogP contribution in [0.4, 0.5) is 28.4 Å². The van der Waals surface area contributed by atoms with Crippen LogP contribution in [0.3, 0.4) is 0 Å². The number of H-pyrrole nitrogens is 1. The van der Waals surface area contributed by atoms with Gasteiger partial charge in [-0.1, -0.05) is 24.3 Å². The van der Waals surface area contributed by atoms with Crippen molar-refractivity contribution < 1.29 is 37.1 Å². The number of amides is 1. The predicted octanol–water partition coefficient (Wildman–Crippen LogP) is 8.55. The molecule has 5 aliphatic heterocycles. The van der Waals surface area contributed by atoms with Gasteiger partial charge in [0, 0.05) is 61.7 Å². The number of carbonyl (C=O) groups is 1. The lowest BCUT2D eigenvalue weighted by Gasteiger charge is -2.56. The summed E-state index contributed by atoms with van der Waals surface area (Å²) in [6.45, 7) is 7.97. The molecule has 0 bridgehead atoms. The standard InChI is InChI=1S/C53H62N8O9S/c1-32-7-4-5-8-38(32)41-9-6-20-59(41)36-27-53(28-36)17-21-58(22-18-53)35-10-11-39(42(24-35)60-44-23-34-14-19-54-49(34)56-51(44)70-47-31-68-30-45(47)60)50(62)57-71(65,66)37-25-43(61(63)64)48-46(26-37)69-29-40(55-48)33-12-15-52(2,67-3)16-13-33/h4-5,7-8,10-11,14,19,23-26,33,36,40-41,45,47,55H,6,9,12-13,15-18,20-22,27-31H2,1-3H3,(H,54,56)(H,57,62)/t33?,40-,41+,45-,47-,52?/m1/s1. The number of aromatic nitrogens is 2. The Bertz CT molecular complexity index is 3010. The van der Waals surface area contributed by atoms with Crippen molar-refractivity contribution >= 4 is 55.4 Å². The number of nitro benzene ring substituents is 1. The van der Waals surface area contributed by atoms with Crippen LogP contribution in [0, 0.1) is 28.4 Å². The molecule has 2 aromatic heterocycles. The van der Waals surface area contributed by atoms with Crippen LogP contribution >= 0.6 is 0 Å². The first-order valence-electron chi connectivity index (χ1n) is 25.3. The summed E-state index contributed by atoms with van der Waals surface area (Å²) in [7, 11) is -2.97. The number of likely N-dealkylation sites (tertiary alicyclic amines) is 1. The van der Waals surface area contributed by atoms with Crippen LogP contribution in [-0.2, 0) is 19.5 Å². The molecule has 2 saturated carbocycles. The second kappa shape index (κ2) is 17.7. The molecule has 5 aromatic rings. The number of aromatic amines is 1. The average Bonchev–Trinajstić information content (AvgIpc) is 4.16. The number of fused-ring (bicyclic) bond motifs is 4. The molecule has 0 unspecified atom stereocenters. The topological polar surface area (TPSA) is 194 Å². The van der Waals surface area contributed by atoms with Crippen LogP contribution < -0.4 is 29.3 Å². The normalized spacial score (nSPS) is 27.2. The van der Waals surface area contributed by atoms with E-state index in [0.29, 0.717) is 53.6 Å². The van der Waals surface area contributed by atoms with E-state index < -0.39 is 37.5 Å². The van der Waals surface area contributed by atoms with E-state index in [4.69, 9.17) is 23.9 Å². The summed E-state index contributed by atoms with van der Waals surface area (Å²) in [6, 6.07) is 21.0. The highest BCUT2D eigenvalue weighted by Gasteiger charge is 2.50. The Labute approximate surface area is 413 Å². The summed E-state index contributed by atoms with van der Waals surface area (Å²) < 4.78 is 55.3. The van der Waals surface area contributed by atoms with E-state index in [1.54, 1.807) is 13.2 Å². The molecule has 7 heterocycles. The van der Waals surface area contributed by atoms with Crippen molar-refractivity contribution in [1.82, 2.24) is 19.6 Å². The average molecular weight is 987 g/mol. The summed E-state index contributed by atoms with van der Waals surface area (Å²) in [4.78, 5) is 41.4. The number of hydrogen-bond acceptors (Lipinski definition) is 14. The number of anilines is 4. The zero-order valence-corrected chi connectivity index (χ0v) is 41.3. The Morgan fingerprint density at radius 1 is 0.958 bits per heavy atom. The number of sulfonamides is 1. The largest absolute Gasteiger partial charge is 0.489 e. The van der Waals surface area contributed by atoms with Gasteiger partial charge in [-0.05, 0) is 137 Å².